The van der Waals surface area contributed by atoms with Crippen LogP contribution >= 0.6 is 0 Å². The number of carbonyl (C=O) groups is 1. The number of hydrogen-bond donors (Lipinski definition) is 0. The average Bonchev–Trinajstić information content (AvgIpc) is 3.42. The lowest BCUT2D eigenvalue weighted by molar-refractivity contribution is 0.0760. The largest absolute Gasteiger partial charge is 0.450 e. The van der Waals surface area contributed by atoms with Gasteiger partial charge in [0, 0.05) is 59.3 Å². The molecule has 162 valence electrons. The molecule has 0 saturated carbocycles. The molecule has 1 aromatic carbocycles. The summed E-state index contributed by atoms with van der Waals surface area (Å²) < 4.78 is 6.10. The highest BCUT2D eigenvalue weighted by Gasteiger charge is 2.32. The lowest BCUT2D eigenvalue weighted by Gasteiger charge is -2.16. The highest BCUT2D eigenvalue weighted by molar-refractivity contribution is 5.99. The van der Waals surface area contributed by atoms with Crippen molar-refractivity contribution < 1.29 is 9.21 Å². The number of benzene rings is 1. The van der Waals surface area contributed by atoms with Crippen molar-refractivity contribution in [2.45, 2.75) is 40.0 Å². The highest BCUT2D eigenvalue weighted by atomic mass is 16.3. The molecule has 0 N–H and O–H groups in total. The van der Waals surface area contributed by atoms with Crippen LogP contribution in [0.2, 0.25) is 0 Å². The van der Waals surface area contributed by atoms with Gasteiger partial charge in [0.15, 0.2) is 5.76 Å². The zero-order valence-electron chi connectivity index (χ0n) is 18.8. The summed E-state index contributed by atoms with van der Waals surface area (Å²) in [6.45, 7) is 9.39. The van der Waals surface area contributed by atoms with Gasteiger partial charge in [0.1, 0.15) is 11.9 Å². The summed E-state index contributed by atoms with van der Waals surface area (Å²) in [5, 5.41) is 1.02. The average molecular weight is 427 g/mol. The molecule has 0 unspecified atom stereocenters. The van der Waals surface area contributed by atoms with Gasteiger partial charge in [-0.3, -0.25) is 9.78 Å². The second-order valence-corrected chi connectivity index (χ2v) is 8.73. The summed E-state index contributed by atoms with van der Waals surface area (Å²) in [7, 11) is 0. The van der Waals surface area contributed by atoms with E-state index in [9.17, 15) is 4.79 Å². The van der Waals surface area contributed by atoms with Gasteiger partial charge in [-0.15, -0.1) is 0 Å². The number of likely N-dealkylation sites (tertiary alicyclic amines) is 1. The topological polar surface area (TPSA) is 72.1 Å². The number of hydrogen-bond acceptors (Lipinski definition) is 5. The Kier molecular flexibility index (Phi) is 5.00. The van der Waals surface area contributed by atoms with Gasteiger partial charge >= 0.3 is 0 Å². The van der Waals surface area contributed by atoms with Crippen LogP contribution in [-0.4, -0.2) is 38.8 Å². The molecule has 1 amide bonds. The normalized spacial score (nSPS) is 16.1. The first-order chi connectivity index (χ1) is 15.4. The van der Waals surface area contributed by atoms with Crippen molar-refractivity contribution >= 4 is 16.9 Å². The maximum Gasteiger partial charge on any atom is 0.289 e. The van der Waals surface area contributed by atoms with E-state index in [0.717, 1.165) is 56.6 Å². The molecule has 0 bridgehead atoms. The lowest BCUT2D eigenvalue weighted by atomic mass is 10.00. The molecule has 4 heterocycles. The van der Waals surface area contributed by atoms with E-state index in [1.165, 1.54) is 6.33 Å². The molecule has 1 aliphatic heterocycles. The zero-order valence-corrected chi connectivity index (χ0v) is 18.8. The van der Waals surface area contributed by atoms with Gasteiger partial charge in [-0.25, -0.2) is 9.97 Å². The van der Waals surface area contributed by atoms with Crippen LogP contribution in [0.3, 0.4) is 0 Å². The Morgan fingerprint density at radius 2 is 1.81 bits per heavy atom. The first-order valence-electron chi connectivity index (χ1n) is 10.9. The summed E-state index contributed by atoms with van der Waals surface area (Å²) in [5.41, 5.74) is 7.96. The van der Waals surface area contributed by atoms with Gasteiger partial charge in [0.2, 0.25) is 0 Å². The van der Waals surface area contributed by atoms with Crippen molar-refractivity contribution in [3.8, 4) is 11.1 Å². The molecule has 6 nitrogen and oxygen atoms in total. The van der Waals surface area contributed by atoms with Crippen LogP contribution in [0.25, 0.3) is 22.1 Å². The molecule has 1 fully saturated rings. The number of aromatic nitrogens is 3. The molecule has 0 radical (unpaired) electrons. The molecular formula is C26H26N4O2. The predicted octanol–water partition coefficient (Wildman–Crippen LogP) is 5.15. The quantitative estimate of drug-likeness (QED) is 0.453. The number of carbonyl (C=O) groups excluding carboxylic acids is 1. The standard InChI is InChI=1S/C26H26N4O2/c1-15-5-6-22-18(4)25(32-24(22)17(15)3)26(31)30-8-7-19(13-30)23-10-20(9-16(2)29-23)21-11-27-14-28-12-21/h5-6,9-12,14,19H,7-8,13H2,1-4H3/t19-/m0/s1. The first kappa shape index (κ1) is 20.4. The Morgan fingerprint density at radius 1 is 1.03 bits per heavy atom. The third-order valence-electron chi connectivity index (χ3n) is 6.58. The fraction of sp³-hybridized carbons (Fsp3) is 0.308. The number of furan rings is 1. The summed E-state index contributed by atoms with van der Waals surface area (Å²) in [6, 6.07) is 8.27. The lowest BCUT2D eigenvalue weighted by Crippen LogP contribution is -2.28. The fourth-order valence-corrected chi connectivity index (χ4v) is 4.57. The van der Waals surface area contributed by atoms with Crippen LogP contribution < -0.4 is 0 Å². The van der Waals surface area contributed by atoms with Crippen molar-refractivity contribution in [3.63, 3.8) is 0 Å². The maximum atomic E-state index is 13.4. The molecule has 6 heteroatoms. The predicted molar refractivity (Wildman–Crippen MR) is 124 cm³/mol. The van der Waals surface area contributed by atoms with E-state index >= 15 is 0 Å². The van der Waals surface area contributed by atoms with Crippen LogP contribution in [0.5, 0.6) is 0 Å². The van der Waals surface area contributed by atoms with Crippen LogP contribution in [0.15, 0.2) is 47.4 Å². The Bertz CT molecular complexity index is 1330. The number of rotatable bonds is 3. The molecule has 5 rings (SSSR count). The van der Waals surface area contributed by atoms with Gasteiger partial charge in [-0.05, 0) is 62.9 Å². The Hall–Kier alpha value is -3.54. The van der Waals surface area contributed by atoms with Crippen molar-refractivity contribution in [2.24, 2.45) is 0 Å². The van der Waals surface area contributed by atoms with Crippen LogP contribution in [0, 0.1) is 27.7 Å². The molecule has 1 aliphatic rings. The van der Waals surface area contributed by atoms with E-state index in [2.05, 4.69) is 29.0 Å². The summed E-state index contributed by atoms with van der Waals surface area (Å²) >= 11 is 0. The Balaban J connectivity index is 1.41. The van der Waals surface area contributed by atoms with Gasteiger partial charge in [0.05, 0.1) is 0 Å². The first-order valence-corrected chi connectivity index (χ1v) is 10.9. The van der Waals surface area contributed by atoms with Gasteiger partial charge < -0.3 is 9.32 Å². The molecule has 0 spiro atoms. The van der Waals surface area contributed by atoms with Crippen molar-refractivity contribution in [1.82, 2.24) is 19.9 Å². The number of fused-ring (bicyclic) bond motifs is 1. The zero-order chi connectivity index (χ0) is 22.4. The molecular weight excluding hydrogens is 400 g/mol. The number of nitrogens with zero attached hydrogens (tertiary/aromatic N) is 4. The minimum absolute atomic E-state index is 0.0393. The minimum Gasteiger partial charge on any atom is -0.450 e. The van der Waals surface area contributed by atoms with Gasteiger partial charge in [-0.1, -0.05) is 12.1 Å². The van der Waals surface area contributed by atoms with E-state index in [4.69, 9.17) is 9.40 Å². The number of pyridine rings is 1. The SMILES string of the molecule is Cc1cc(-c2cncnc2)cc([C@H]2CCN(C(=O)c3oc4c(C)c(C)ccc4c3C)C2)n1. The second kappa shape index (κ2) is 7.86. The maximum absolute atomic E-state index is 13.4. The molecule has 0 aliphatic carbocycles. The Labute approximate surface area is 187 Å². The van der Waals surface area contributed by atoms with E-state index in [0.29, 0.717) is 18.8 Å². The molecule has 4 aromatic rings. The van der Waals surface area contributed by atoms with Gasteiger partial charge in [0.25, 0.3) is 5.91 Å². The van der Waals surface area contributed by atoms with E-state index in [1.807, 2.05) is 50.2 Å². The van der Waals surface area contributed by atoms with E-state index in [-0.39, 0.29) is 11.8 Å². The Morgan fingerprint density at radius 3 is 2.59 bits per heavy atom. The molecule has 1 atom stereocenters. The molecule has 32 heavy (non-hydrogen) atoms. The van der Waals surface area contributed by atoms with E-state index < -0.39 is 0 Å². The third kappa shape index (κ3) is 3.45. The smallest absolute Gasteiger partial charge is 0.289 e. The number of amides is 1. The number of aryl methyl sites for hydroxylation is 4. The fourth-order valence-electron chi connectivity index (χ4n) is 4.57. The summed E-state index contributed by atoms with van der Waals surface area (Å²) in [6.07, 6.45) is 6.03. The van der Waals surface area contributed by atoms with Crippen LogP contribution in [0.4, 0.5) is 0 Å². The molecule has 3 aromatic heterocycles. The summed E-state index contributed by atoms with van der Waals surface area (Å²) in [5.74, 6) is 0.604. The third-order valence-corrected chi connectivity index (χ3v) is 6.58. The van der Waals surface area contributed by atoms with Gasteiger partial charge in [-0.2, -0.15) is 0 Å². The molecule has 1 saturated heterocycles. The van der Waals surface area contributed by atoms with Crippen LogP contribution in [0.1, 0.15) is 51.0 Å². The van der Waals surface area contributed by atoms with Crippen molar-refractivity contribution in [1.29, 1.82) is 0 Å². The highest BCUT2D eigenvalue weighted by Crippen LogP contribution is 2.33. The van der Waals surface area contributed by atoms with E-state index in [1.54, 1.807) is 0 Å². The second-order valence-electron chi connectivity index (χ2n) is 8.73. The summed E-state index contributed by atoms with van der Waals surface area (Å²) in [4.78, 5) is 28.3. The minimum atomic E-state index is -0.0393. The van der Waals surface area contributed by atoms with Crippen molar-refractivity contribution in [3.05, 3.63) is 76.8 Å². The van der Waals surface area contributed by atoms with Crippen LogP contribution in [-0.2, 0) is 0 Å². The monoisotopic (exact) mass is 426 g/mol. The van der Waals surface area contributed by atoms with Crippen molar-refractivity contribution in [2.75, 3.05) is 13.1 Å².